The molecule has 2 aromatic rings. The Balaban J connectivity index is 2.14. The van der Waals surface area contributed by atoms with Crippen LogP contribution in [0, 0.1) is 5.92 Å². The van der Waals surface area contributed by atoms with Gasteiger partial charge in [0, 0.05) is 10.9 Å². The number of carbonyl (C=O) groups is 2. The van der Waals surface area contributed by atoms with Gasteiger partial charge in [0.1, 0.15) is 0 Å². The highest BCUT2D eigenvalue weighted by Crippen LogP contribution is 2.26. The average molecular weight is 294 g/mol. The van der Waals surface area contributed by atoms with Crippen LogP contribution < -0.4 is 5.32 Å². The Labute approximate surface area is 119 Å². The van der Waals surface area contributed by atoms with Crippen molar-refractivity contribution in [2.24, 2.45) is 5.92 Å². The molecule has 0 fully saturated rings. The molecule has 0 saturated heterocycles. The number of thiophene rings is 1. The lowest BCUT2D eigenvalue weighted by molar-refractivity contribution is 0.0651. The van der Waals surface area contributed by atoms with Crippen LogP contribution in [-0.2, 0) is 0 Å². The number of rotatable bonds is 5. The SMILES string of the molecule is CC(C)C(NC(=O)c1cc(C(=O)O)on1)c1cccs1. The molecule has 2 heterocycles. The van der Waals surface area contributed by atoms with Crippen molar-refractivity contribution in [1.29, 1.82) is 0 Å². The summed E-state index contributed by atoms with van der Waals surface area (Å²) in [7, 11) is 0. The molecule has 0 aliphatic carbocycles. The van der Waals surface area contributed by atoms with Gasteiger partial charge in [0.15, 0.2) is 5.69 Å². The van der Waals surface area contributed by atoms with Crippen LogP contribution in [0.1, 0.15) is 45.8 Å². The fraction of sp³-hybridized carbons (Fsp3) is 0.308. The van der Waals surface area contributed by atoms with Crippen LogP contribution in [0.25, 0.3) is 0 Å². The molecule has 20 heavy (non-hydrogen) atoms. The van der Waals surface area contributed by atoms with Crippen LogP contribution in [-0.4, -0.2) is 22.1 Å². The molecule has 1 amide bonds. The van der Waals surface area contributed by atoms with Crippen LogP contribution >= 0.6 is 11.3 Å². The first kappa shape index (κ1) is 14.3. The molecule has 1 atom stereocenters. The molecule has 2 rings (SSSR count). The predicted octanol–water partition coefficient (Wildman–Crippen LogP) is 2.56. The van der Waals surface area contributed by atoms with Gasteiger partial charge in [-0.25, -0.2) is 4.79 Å². The second-order valence-electron chi connectivity index (χ2n) is 4.59. The maximum Gasteiger partial charge on any atom is 0.374 e. The lowest BCUT2D eigenvalue weighted by atomic mass is 10.0. The van der Waals surface area contributed by atoms with Gasteiger partial charge in [0.25, 0.3) is 5.91 Å². The van der Waals surface area contributed by atoms with E-state index in [9.17, 15) is 9.59 Å². The number of carbonyl (C=O) groups excluding carboxylic acids is 1. The average Bonchev–Trinajstić information content (AvgIpc) is 3.05. The Morgan fingerprint density at radius 3 is 2.70 bits per heavy atom. The molecule has 1 unspecified atom stereocenters. The molecule has 2 aromatic heterocycles. The Kier molecular flexibility index (Phi) is 4.19. The highest BCUT2D eigenvalue weighted by molar-refractivity contribution is 7.10. The minimum absolute atomic E-state index is 0.0374. The zero-order chi connectivity index (χ0) is 14.7. The number of hydrogen-bond donors (Lipinski definition) is 2. The van der Waals surface area contributed by atoms with E-state index in [0.717, 1.165) is 10.9 Å². The van der Waals surface area contributed by atoms with Crippen LogP contribution in [0.4, 0.5) is 0 Å². The van der Waals surface area contributed by atoms with Gasteiger partial charge in [-0.15, -0.1) is 11.3 Å². The van der Waals surface area contributed by atoms with Gasteiger partial charge in [0.05, 0.1) is 6.04 Å². The zero-order valence-corrected chi connectivity index (χ0v) is 11.8. The van der Waals surface area contributed by atoms with Crippen molar-refractivity contribution >= 4 is 23.2 Å². The molecular formula is C13H14N2O4S. The van der Waals surface area contributed by atoms with Crippen molar-refractivity contribution in [3.8, 4) is 0 Å². The fourth-order valence-corrected chi connectivity index (χ4v) is 2.68. The van der Waals surface area contributed by atoms with Crippen molar-refractivity contribution in [2.45, 2.75) is 19.9 Å². The number of hydrogen-bond acceptors (Lipinski definition) is 5. The maximum absolute atomic E-state index is 12.1. The lowest BCUT2D eigenvalue weighted by Crippen LogP contribution is -2.31. The summed E-state index contributed by atoms with van der Waals surface area (Å²) in [5, 5.41) is 17.0. The van der Waals surface area contributed by atoms with Gasteiger partial charge in [-0.1, -0.05) is 25.1 Å². The van der Waals surface area contributed by atoms with E-state index >= 15 is 0 Å². The van der Waals surface area contributed by atoms with E-state index in [1.54, 1.807) is 11.3 Å². The first-order valence-electron chi connectivity index (χ1n) is 6.03. The third-order valence-corrected chi connectivity index (χ3v) is 3.71. The smallest absolute Gasteiger partial charge is 0.374 e. The third kappa shape index (κ3) is 3.05. The largest absolute Gasteiger partial charge is 0.475 e. The fourth-order valence-electron chi connectivity index (χ4n) is 1.73. The number of nitrogens with zero attached hydrogens (tertiary/aromatic N) is 1. The monoisotopic (exact) mass is 294 g/mol. The molecule has 0 saturated carbocycles. The molecule has 2 N–H and O–H groups in total. The van der Waals surface area contributed by atoms with E-state index in [1.165, 1.54) is 0 Å². The third-order valence-electron chi connectivity index (χ3n) is 2.76. The number of carboxylic acid groups (broad SMARTS) is 1. The lowest BCUT2D eigenvalue weighted by Gasteiger charge is -2.20. The summed E-state index contributed by atoms with van der Waals surface area (Å²) in [6.07, 6.45) is 0. The van der Waals surface area contributed by atoms with Crippen LogP contribution in [0.2, 0.25) is 0 Å². The molecule has 0 radical (unpaired) electrons. The molecule has 7 heteroatoms. The van der Waals surface area contributed by atoms with Crippen molar-refractivity contribution in [3.05, 3.63) is 39.9 Å². The number of nitrogens with one attached hydrogen (secondary N) is 1. The van der Waals surface area contributed by atoms with Gasteiger partial charge >= 0.3 is 5.97 Å². The van der Waals surface area contributed by atoms with E-state index in [-0.39, 0.29) is 23.4 Å². The number of aromatic nitrogens is 1. The second kappa shape index (κ2) is 5.87. The van der Waals surface area contributed by atoms with Crippen LogP contribution in [0.5, 0.6) is 0 Å². The van der Waals surface area contributed by atoms with Crippen molar-refractivity contribution in [2.75, 3.05) is 0 Å². The number of amides is 1. The van der Waals surface area contributed by atoms with Gasteiger partial charge in [0.2, 0.25) is 5.76 Å². The molecule has 0 aliphatic heterocycles. The summed E-state index contributed by atoms with van der Waals surface area (Å²) in [5.41, 5.74) is -0.0374. The zero-order valence-electron chi connectivity index (χ0n) is 11.0. The standard InChI is InChI=1S/C13H14N2O4S/c1-7(2)11(10-4-3-5-20-10)14-12(16)8-6-9(13(17)18)19-15-8/h3-7,11H,1-2H3,(H,14,16)(H,17,18). The molecular weight excluding hydrogens is 280 g/mol. The number of carboxylic acids is 1. The summed E-state index contributed by atoms with van der Waals surface area (Å²) < 4.78 is 4.57. The minimum Gasteiger partial charge on any atom is -0.475 e. The number of aromatic carboxylic acids is 1. The van der Waals surface area contributed by atoms with Gasteiger partial charge in [-0.3, -0.25) is 4.79 Å². The normalized spacial score (nSPS) is 12.3. The molecule has 6 nitrogen and oxygen atoms in total. The predicted molar refractivity (Wildman–Crippen MR) is 72.8 cm³/mol. The van der Waals surface area contributed by atoms with Crippen LogP contribution in [0.15, 0.2) is 28.1 Å². The van der Waals surface area contributed by atoms with Gasteiger partial charge in [-0.05, 0) is 17.4 Å². The van der Waals surface area contributed by atoms with Gasteiger partial charge < -0.3 is 14.9 Å². The Hall–Kier alpha value is -2.15. The van der Waals surface area contributed by atoms with E-state index in [1.807, 2.05) is 31.4 Å². The summed E-state index contributed by atoms with van der Waals surface area (Å²) in [6.45, 7) is 3.99. The molecule has 106 valence electrons. The minimum atomic E-state index is -1.25. The maximum atomic E-state index is 12.1. The summed E-state index contributed by atoms with van der Waals surface area (Å²) in [4.78, 5) is 23.8. The summed E-state index contributed by atoms with van der Waals surface area (Å²) in [5.74, 6) is -1.86. The highest BCUT2D eigenvalue weighted by atomic mass is 32.1. The topological polar surface area (TPSA) is 92.4 Å². The van der Waals surface area contributed by atoms with E-state index in [4.69, 9.17) is 5.11 Å². The van der Waals surface area contributed by atoms with Gasteiger partial charge in [-0.2, -0.15) is 0 Å². The second-order valence-corrected chi connectivity index (χ2v) is 5.57. The Morgan fingerprint density at radius 2 is 2.20 bits per heavy atom. The first-order chi connectivity index (χ1) is 9.49. The van der Waals surface area contributed by atoms with Crippen molar-refractivity contribution < 1.29 is 19.2 Å². The van der Waals surface area contributed by atoms with E-state index in [2.05, 4.69) is 15.0 Å². The molecule has 0 spiro atoms. The first-order valence-corrected chi connectivity index (χ1v) is 6.91. The molecule has 0 aliphatic rings. The summed E-state index contributed by atoms with van der Waals surface area (Å²) in [6, 6.07) is 4.83. The van der Waals surface area contributed by atoms with Crippen molar-refractivity contribution in [3.63, 3.8) is 0 Å². The molecule has 0 aromatic carbocycles. The van der Waals surface area contributed by atoms with E-state index < -0.39 is 11.9 Å². The quantitative estimate of drug-likeness (QED) is 0.884. The molecule has 0 bridgehead atoms. The van der Waals surface area contributed by atoms with Crippen LogP contribution in [0.3, 0.4) is 0 Å². The Bertz CT molecular complexity index is 604. The highest BCUT2D eigenvalue weighted by Gasteiger charge is 2.23. The van der Waals surface area contributed by atoms with Crippen molar-refractivity contribution in [1.82, 2.24) is 10.5 Å². The van der Waals surface area contributed by atoms with E-state index in [0.29, 0.717) is 0 Å². The summed E-state index contributed by atoms with van der Waals surface area (Å²) >= 11 is 1.55. The Morgan fingerprint density at radius 1 is 1.45 bits per heavy atom.